The van der Waals surface area contributed by atoms with E-state index in [0.717, 1.165) is 22.0 Å². The maximum absolute atomic E-state index is 12.8. The van der Waals surface area contributed by atoms with Crippen LogP contribution in [-0.4, -0.2) is 33.8 Å². The summed E-state index contributed by atoms with van der Waals surface area (Å²) in [6.07, 6.45) is 0. The van der Waals surface area contributed by atoms with Crippen LogP contribution >= 0.6 is 46.0 Å². The van der Waals surface area contributed by atoms with Gasteiger partial charge in [-0.3, -0.25) is 14.9 Å². The molecule has 0 aliphatic carbocycles. The van der Waals surface area contributed by atoms with Crippen LogP contribution in [0.1, 0.15) is 16.1 Å². The predicted octanol–water partition coefficient (Wildman–Crippen LogP) is 5.33. The number of thiazole rings is 2. The number of carbonyl (C=O) groups excluding carboxylic acids is 2. The van der Waals surface area contributed by atoms with Gasteiger partial charge in [-0.25, -0.2) is 9.97 Å². The van der Waals surface area contributed by atoms with E-state index in [2.05, 4.69) is 20.4 Å². The number of aromatic nitrogens is 2. The molecule has 2 heterocycles. The van der Waals surface area contributed by atoms with Gasteiger partial charge < -0.3 is 4.84 Å². The zero-order valence-electron chi connectivity index (χ0n) is 15.9. The van der Waals surface area contributed by atoms with E-state index >= 15 is 0 Å². The lowest BCUT2D eigenvalue weighted by molar-refractivity contribution is -0.105. The van der Waals surface area contributed by atoms with Gasteiger partial charge in [-0.1, -0.05) is 28.9 Å². The number of hydrogen-bond acceptors (Lipinski definition) is 9. The highest BCUT2D eigenvalue weighted by Crippen LogP contribution is 2.31. The Labute approximate surface area is 194 Å². The van der Waals surface area contributed by atoms with Crippen molar-refractivity contribution in [2.24, 2.45) is 5.16 Å². The summed E-state index contributed by atoms with van der Waals surface area (Å²) in [5.74, 6) is -0.335. The molecule has 0 unspecified atom stereocenters. The summed E-state index contributed by atoms with van der Waals surface area (Å²) in [5, 5.41) is 8.69. The molecule has 0 atom stereocenters. The topological polar surface area (TPSA) is 93.5 Å². The van der Waals surface area contributed by atoms with Crippen LogP contribution in [0, 0.1) is 0 Å². The number of oxime groups is 1. The number of hydrogen-bond donors (Lipinski definition) is 1. The van der Waals surface area contributed by atoms with Gasteiger partial charge in [0.15, 0.2) is 15.2 Å². The van der Waals surface area contributed by atoms with Gasteiger partial charge >= 0.3 is 0 Å². The van der Waals surface area contributed by atoms with Gasteiger partial charge in [0.1, 0.15) is 12.8 Å². The third-order valence-corrected chi connectivity index (χ3v) is 6.89. The van der Waals surface area contributed by atoms with E-state index in [1.54, 1.807) is 29.6 Å². The van der Waals surface area contributed by atoms with Crippen molar-refractivity contribution in [2.45, 2.75) is 4.34 Å². The molecule has 1 N–H and O–H groups in total. The van der Waals surface area contributed by atoms with Crippen molar-refractivity contribution in [1.82, 2.24) is 9.97 Å². The Kier molecular flexibility index (Phi) is 6.62. The summed E-state index contributed by atoms with van der Waals surface area (Å²) in [7, 11) is 1.35. The summed E-state index contributed by atoms with van der Waals surface area (Å²) in [4.78, 5) is 38.8. The Morgan fingerprint density at radius 1 is 1.13 bits per heavy atom. The lowest BCUT2D eigenvalue weighted by atomic mass is 10.2. The summed E-state index contributed by atoms with van der Waals surface area (Å²) in [6.45, 7) is 0. The molecule has 0 radical (unpaired) electrons. The Morgan fingerprint density at radius 3 is 2.65 bits per heavy atom. The molecule has 2 aromatic carbocycles. The van der Waals surface area contributed by atoms with E-state index < -0.39 is 0 Å². The van der Waals surface area contributed by atoms with Gasteiger partial charge in [-0.05, 0) is 48.2 Å². The van der Waals surface area contributed by atoms with Crippen LogP contribution in [0.5, 0.6) is 0 Å². The molecule has 4 aromatic rings. The van der Waals surface area contributed by atoms with Crippen molar-refractivity contribution < 1.29 is 14.4 Å². The summed E-state index contributed by atoms with van der Waals surface area (Å²) < 4.78 is 1.59. The van der Waals surface area contributed by atoms with Crippen LogP contribution in [0.4, 0.5) is 5.13 Å². The Bertz CT molecular complexity index is 1250. The highest BCUT2D eigenvalue weighted by atomic mass is 35.5. The first-order chi connectivity index (χ1) is 15.0. The maximum atomic E-state index is 12.8. The van der Waals surface area contributed by atoms with Crippen LogP contribution in [0.3, 0.4) is 0 Å². The van der Waals surface area contributed by atoms with Crippen LogP contribution in [0.15, 0.2) is 63.4 Å². The van der Waals surface area contributed by atoms with Crippen molar-refractivity contribution in [2.75, 3.05) is 12.4 Å². The first-order valence-corrected chi connectivity index (χ1v) is 11.6. The first-order valence-electron chi connectivity index (χ1n) is 8.75. The number of thioether (sulfide) groups is 1. The van der Waals surface area contributed by atoms with Crippen LogP contribution in [-0.2, 0) is 9.63 Å². The number of nitrogens with one attached hydrogen (secondary N) is 1. The monoisotopic (exact) mass is 488 g/mol. The average molecular weight is 489 g/mol. The molecular formula is C20H13ClN4O3S3. The zero-order chi connectivity index (χ0) is 21.8. The molecule has 0 fully saturated rings. The predicted molar refractivity (Wildman–Crippen MR) is 126 cm³/mol. The summed E-state index contributed by atoms with van der Waals surface area (Å²) in [6, 6.07) is 14.1. The number of para-hydroxylation sites is 1. The van der Waals surface area contributed by atoms with E-state index in [1.807, 2.05) is 24.3 Å². The molecular weight excluding hydrogens is 476 g/mol. The van der Waals surface area contributed by atoms with Gasteiger partial charge in [0.05, 0.1) is 10.2 Å². The minimum Gasteiger partial charge on any atom is -0.398 e. The van der Waals surface area contributed by atoms with Crippen molar-refractivity contribution in [1.29, 1.82) is 0 Å². The maximum Gasteiger partial charge on any atom is 0.257 e. The van der Waals surface area contributed by atoms with Crippen LogP contribution < -0.4 is 5.32 Å². The van der Waals surface area contributed by atoms with Gasteiger partial charge in [-0.2, -0.15) is 0 Å². The fourth-order valence-electron chi connectivity index (χ4n) is 2.51. The second-order valence-electron chi connectivity index (χ2n) is 5.96. The molecule has 0 aliphatic rings. The van der Waals surface area contributed by atoms with Crippen molar-refractivity contribution in [3.05, 3.63) is 70.2 Å². The number of amides is 1. The Balaban J connectivity index is 1.50. The summed E-state index contributed by atoms with van der Waals surface area (Å²) >= 11 is 9.40. The number of anilines is 1. The molecule has 0 spiro atoms. The van der Waals surface area contributed by atoms with Gasteiger partial charge in [0.2, 0.25) is 5.12 Å². The van der Waals surface area contributed by atoms with E-state index in [0.29, 0.717) is 25.8 Å². The lowest BCUT2D eigenvalue weighted by Gasteiger charge is -2.02. The number of rotatable bonds is 6. The van der Waals surface area contributed by atoms with Crippen molar-refractivity contribution >= 4 is 78.1 Å². The van der Waals surface area contributed by atoms with E-state index in [-0.39, 0.29) is 16.7 Å². The Morgan fingerprint density at radius 2 is 1.90 bits per heavy atom. The normalized spacial score (nSPS) is 11.5. The number of benzene rings is 2. The lowest BCUT2D eigenvalue weighted by Crippen LogP contribution is -2.14. The number of fused-ring (bicyclic) bond motifs is 1. The quantitative estimate of drug-likeness (QED) is 0.224. The number of carbonyl (C=O) groups is 2. The third kappa shape index (κ3) is 5.10. The van der Waals surface area contributed by atoms with E-state index in [9.17, 15) is 9.59 Å². The molecule has 0 bridgehead atoms. The molecule has 31 heavy (non-hydrogen) atoms. The smallest absolute Gasteiger partial charge is 0.257 e. The van der Waals surface area contributed by atoms with E-state index in [4.69, 9.17) is 16.4 Å². The molecule has 0 aliphatic heterocycles. The molecule has 0 saturated carbocycles. The fraction of sp³-hybridized carbons (Fsp3) is 0.0500. The first kappa shape index (κ1) is 21.4. The van der Waals surface area contributed by atoms with Gasteiger partial charge in [0.25, 0.3) is 5.91 Å². The van der Waals surface area contributed by atoms with Crippen molar-refractivity contribution in [3.8, 4) is 0 Å². The minimum absolute atomic E-state index is 0.0370. The number of nitrogens with zero attached hydrogens (tertiary/aromatic N) is 3. The molecule has 0 saturated heterocycles. The molecule has 2 aromatic heterocycles. The molecule has 1 amide bonds. The summed E-state index contributed by atoms with van der Waals surface area (Å²) in [5.41, 5.74) is 1.61. The van der Waals surface area contributed by atoms with Gasteiger partial charge in [0, 0.05) is 16.0 Å². The average Bonchev–Trinajstić information content (AvgIpc) is 3.38. The molecule has 7 nitrogen and oxygen atoms in total. The van der Waals surface area contributed by atoms with E-state index in [1.165, 1.54) is 29.8 Å². The highest BCUT2D eigenvalue weighted by molar-refractivity contribution is 8.16. The largest absolute Gasteiger partial charge is 0.398 e. The number of halogens is 1. The highest BCUT2D eigenvalue weighted by Gasteiger charge is 2.22. The fourth-order valence-corrected chi connectivity index (χ4v) is 5.23. The minimum atomic E-state index is -0.359. The molecule has 156 valence electrons. The van der Waals surface area contributed by atoms with Gasteiger partial charge in [-0.15, -0.1) is 22.7 Å². The third-order valence-electron chi connectivity index (χ3n) is 3.90. The second kappa shape index (κ2) is 9.56. The van der Waals surface area contributed by atoms with Crippen LogP contribution in [0.2, 0.25) is 5.02 Å². The van der Waals surface area contributed by atoms with Crippen LogP contribution in [0.25, 0.3) is 10.2 Å². The SMILES string of the molecule is CO/N=C(/C(=O)Sc1nc2ccccc2s1)c1csc(NC(=O)c2ccc(Cl)cc2)n1. The zero-order valence-corrected chi connectivity index (χ0v) is 19.1. The second-order valence-corrected chi connectivity index (χ2v) is 9.50. The Hall–Kier alpha value is -2.79. The molecule has 4 rings (SSSR count). The standard InChI is InChI=1S/C20H13ClN4O3S3/c1-28-25-16(18(27)31-20-23-13-4-2-3-5-15(13)30-20)14-10-29-19(22-14)24-17(26)11-6-8-12(21)9-7-11/h2-10H,1H3,(H,22,24,26)/b25-16+. The molecule has 11 heteroatoms. The van der Waals surface area contributed by atoms with Crippen molar-refractivity contribution in [3.63, 3.8) is 0 Å².